The summed E-state index contributed by atoms with van der Waals surface area (Å²) in [5.41, 5.74) is 1.63. The van der Waals surface area contributed by atoms with Gasteiger partial charge in [0.15, 0.2) is 0 Å². The molecule has 1 saturated carbocycles. The highest BCUT2D eigenvalue weighted by Crippen LogP contribution is 2.41. The van der Waals surface area contributed by atoms with Crippen molar-refractivity contribution in [3.63, 3.8) is 0 Å². The van der Waals surface area contributed by atoms with Crippen molar-refractivity contribution in [3.05, 3.63) is 5.69 Å². The molecule has 0 radical (unpaired) electrons. The predicted octanol–water partition coefficient (Wildman–Crippen LogP) is 2.30. The fraction of sp³-hybridized carbons (Fsp3) is 0.714. The van der Waals surface area contributed by atoms with Crippen molar-refractivity contribution >= 4 is 17.4 Å². The molecule has 1 aromatic rings. The van der Waals surface area contributed by atoms with Crippen molar-refractivity contribution in [1.29, 1.82) is 0 Å². The molecule has 1 aliphatic carbocycles. The first kappa shape index (κ1) is 12.5. The van der Waals surface area contributed by atoms with Crippen LogP contribution >= 0.6 is 0 Å². The molecule has 1 aliphatic heterocycles. The quantitative estimate of drug-likeness (QED) is 0.816. The Labute approximate surface area is 113 Å². The molecule has 2 heterocycles. The second-order valence-electron chi connectivity index (χ2n) is 5.80. The Bertz CT molecular complexity index is 500. The lowest BCUT2D eigenvalue weighted by molar-refractivity contribution is -0.126. The standard InChI is InChI=1S/C14H22N4O/c1-3-10-11-12(18(2)17-10)15-9-14(13(19)16-11)7-5-4-6-8-14/h15H,3-9H2,1-2H3,(H,16,19). The fourth-order valence-electron chi connectivity index (χ4n) is 3.37. The van der Waals surface area contributed by atoms with Crippen LogP contribution in [0.5, 0.6) is 0 Å². The Hall–Kier alpha value is -1.52. The number of anilines is 2. The summed E-state index contributed by atoms with van der Waals surface area (Å²) < 4.78 is 1.84. The lowest BCUT2D eigenvalue weighted by Gasteiger charge is -2.34. The molecule has 0 atom stereocenters. The summed E-state index contributed by atoms with van der Waals surface area (Å²) in [6, 6.07) is 0. The van der Waals surface area contributed by atoms with Crippen molar-refractivity contribution in [1.82, 2.24) is 9.78 Å². The average Bonchev–Trinajstić information content (AvgIpc) is 2.65. The molecule has 0 aromatic carbocycles. The summed E-state index contributed by atoms with van der Waals surface area (Å²) in [6.45, 7) is 2.80. The van der Waals surface area contributed by atoms with Crippen LogP contribution in [-0.4, -0.2) is 22.2 Å². The number of nitrogens with one attached hydrogen (secondary N) is 2. The first-order valence-corrected chi connectivity index (χ1v) is 7.27. The molecule has 5 nitrogen and oxygen atoms in total. The Balaban J connectivity index is 1.95. The molecular formula is C14H22N4O. The van der Waals surface area contributed by atoms with Crippen molar-refractivity contribution in [2.45, 2.75) is 45.4 Å². The maximum Gasteiger partial charge on any atom is 0.232 e. The van der Waals surface area contributed by atoms with Gasteiger partial charge in [-0.05, 0) is 19.3 Å². The van der Waals surface area contributed by atoms with Crippen molar-refractivity contribution in [3.8, 4) is 0 Å². The van der Waals surface area contributed by atoms with Crippen molar-refractivity contribution in [2.75, 3.05) is 17.2 Å². The molecule has 5 heteroatoms. The third kappa shape index (κ3) is 1.91. The predicted molar refractivity (Wildman–Crippen MR) is 75.2 cm³/mol. The van der Waals surface area contributed by atoms with E-state index in [-0.39, 0.29) is 11.3 Å². The van der Waals surface area contributed by atoms with Gasteiger partial charge in [0.1, 0.15) is 11.5 Å². The van der Waals surface area contributed by atoms with Crippen molar-refractivity contribution in [2.24, 2.45) is 12.5 Å². The SMILES string of the molecule is CCc1nn(C)c2c1NC(=O)C1(CCCCC1)CN2. The van der Waals surface area contributed by atoms with E-state index in [1.807, 2.05) is 11.7 Å². The van der Waals surface area contributed by atoms with E-state index in [0.29, 0.717) is 0 Å². The van der Waals surface area contributed by atoms with Gasteiger partial charge in [-0.2, -0.15) is 5.10 Å². The molecule has 104 valence electrons. The number of nitrogens with zero attached hydrogens (tertiary/aromatic N) is 2. The van der Waals surface area contributed by atoms with Gasteiger partial charge in [-0.3, -0.25) is 9.48 Å². The van der Waals surface area contributed by atoms with Crippen LogP contribution in [0.25, 0.3) is 0 Å². The van der Waals surface area contributed by atoms with E-state index >= 15 is 0 Å². The number of carbonyl (C=O) groups excluding carboxylic acids is 1. The highest BCUT2D eigenvalue weighted by atomic mass is 16.2. The monoisotopic (exact) mass is 262 g/mol. The molecule has 1 spiro atoms. The van der Waals surface area contributed by atoms with E-state index in [0.717, 1.165) is 55.8 Å². The third-order valence-electron chi connectivity index (χ3n) is 4.58. The topological polar surface area (TPSA) is 59.0 Å². The number of carbonyl (C=O) groups is 1. The van der Waals surface area contributed by atoms with Gasteiger partial charge in [0.05, 0.1) is 11.1 Å². The zero-order valence-corrected chi connectivity index (χ0v) is 11.8. The van der Waals surface area contributed by atoms with Crippen LogP contribution in [0, 0.1) is 5.41 Å². The van der Waals surface area contributed by atoms with E-state index in [2.05, 4.69) is 22.7 Å². The van der Waals surface area contributed by atoms with Crippen LogP contribution in [0.15, 0.2) is 0 Å². The van der Waals surface area contributed by atoms with Gasteiger partial charge in [-0.25, -0.2) is 0 Å². The third-order valence-corrected chi connectivity index (χ3v) is 4.58. The molecule has 1 amide bonds. The number of hydrogen-bond acceptors (Lipinski definition) is 3. The van der Waals surface area contributed by atoms with Gasteiger partial charge < -0.3 is 10.6 Å². The van der Waals surface area contributed by atoms with Crippen LogP contribution in [0.4, 0.5) is 11.5 Å². The molecule has 0 saturated heterocycles. The second kappa shape index (κ2) is 4.54. The first-order valence-electron chi connectivity index (χ1n) is 7.27. The van der Waals surface area contributed by atoms with Crippen LogP contribution in [0.3, 0.4) is 0 Å². The van der Waals surface area contributed by atoms with E-state index in [9.17, 15) is 4.79 Å². The van der Waals surface area contributed by atoms with Gasteiger partial charge in [0, 0.05) is 13.6 Å². The van der Waals surface area contributed by atoms with E-state index in [1.165, 1.54) is 6.42 Å². The first-order chi connectivity index (χ1) is 9.16. The average molecular weight is 262 g/mol. The normalized spacial score (nSPS) is 21.5. The summed E-state index contributed by atoms with van der Waals surface area (Å²) in [7, 11) is 1.93. The van der Waals surface area contributed by atoms with Crippen LogP contribution in [0.1, 0.15) is 44.7 Å². The Kier molecular flexibility index (Phi) is 2.99. The zero-order chi connectivity index (χ0) is 13.5. The summed E-state index contributed by atoms with van der Waals surface area (Å²) >= 11 is 0. The molecule has 0 unspecified atom stereocenters. The number of aryl methyl sites for hydroxylation is 2. The molecular weight excluding hydrogens is 240 g/mol. The minimum atomic E-state index is -0.220. The second-order valence-corrected chi connectivity index (χ2v) is 5.80. The number of aromatic nitrogens is 2. The van der Waals surface area contributed by atoms with Crippen LogP contribution in [-0.2, 0) is 18.3 Å². The van der Waals surface area contributed by atoms with Crippen molar-refractivity contribution < 1.29 is 4.79 Å². The lowest BCUT2D eigenvalue weighted by atomic mass is 9.73. The summed E-state index contributed by atoms with van der Waals surface area (Å²) in [6.07, 6.45) is 6.39. The minimum absolute atomic E-state index is 0.182. The molecule has 0 bridgehead atoms. The maximum absolute atomic E-state index is 12.6. The largest absolute Gasteiger partial charge is 0.367 e. The minimum Gasteiger partial charge on any atom is -0.367 e. The molecule has 1 fully saturated rings. The molecule has 2 aliphatic rings. The molecule has 3 rings (SSSR count). The molecule has 2 N–H and O–H groups in total. The lowest BCUT2D eigenvalue weighted by Crippen LogP contribution is -2.41. The zero-order valence-electron chi connectivity index (χ0n) is 11.8. The van der Waals surface area contributed by atoms with E-state index < -0.39 is 0 Å². The van der Waals surface area contributed by atoms with Gasteiger partial charge in [-0.15, -0.1) is 0 Å². The molecule has 1 aromatic heterocycles. The molecule has 19 heavy (non-hydrogen) atoms. The maximum atomic E-state index is 12.6. The number of rotatable bonds is 1. The van der Waals surface area contributed by atoms with Gasteiger partial charge in [-0.1, -0.05) is 26.2 Å². The fourth-order valence-corrected chi connectivity index (χ4v) is 3.37. The smallest absolute Gasteiger partial charge is 0.232 e. The van der Waals surface area contributed by atoms with Gasteiger partial charge in [0.25, 0.3) is 0 Å². The van der Waals surface area contributed by atoms with Crippen LogP contribution < -0.4 is 10.6 Å². The Morgan fingerprint density at radius 3 is 2.74 bits per heavy atom. The van der Waals surface area contributed by atoms with E-state index in [1.54, 1.807) is 0 Å². The highest BCUT2D eigenvalue weighted by Gasteiger charge is 2.42. The number of fused-ring (bicyclic) bond motifs is 1. The summed E-state index contributed by atoms with van der Waals surface area (Å²) in [5.74, 6) is 1.13. The Morgan fingerprint density at radius 2 is 2.05 bits per heavy atom. The highest BCUT2D eigenvalue weighted by molar-refractivity contribution is 6.00. The number of hydrogen-bond donors (Lipinski definition) is 2. The Morgan fingerprint density at radius 1 is 1.32 bits per heavy atom. The summed E-state index contributed by atoms with van der Waals surface area (Å²) in [5, 5.41) is 11.1. The van der Waals surface area contributed by atoms with Gasteiger partial charge in [0.2, 0.25) is 5.91 Å². The van der Waals surface area contributed by atoms with E-state index in [4.69, 9.17) is 0 Å². The summed E-state index contributed by atoms with van der Waals surface area (Å²) in [4.78, 5) is 12.6. The van der Waals surface area contributed by atoms with Crippen LogP contribution in [0.2, 0.25) is 0 Å². The number of amides is 1. The van der Waals surface area contributed by atoms with Gasteiger partial charge >= 0.3 is 0 Å².